The molecule has 2 saturated heterocycles. The lowest BCUT2D eigenvalue weighted by Gasteiger charge is -2.20. The third-order valence-corrected chi connectivity index (χ3v) is 7.72. The van der Waals surface area contributed by atoms with Gasteiger partial charge in [-0.15, -0.1) is 0 Å². The van der Waals surface area contributed by atoms with Crippen LogP contribution in [0.3, 0.4) is 0 Å². The summed E-state index contributed by atoms with van der Waals surface area (Å²) in [7, 11) is -3.52. The van der Waals surface area contributed by atoms with Crippen LogP contribution in [-0.2, 0) is 14.8 Å². The van der Waals surface area contributed by atoms with E-state index in [1.807, 2.05) is 6.07 Å². The van der Waals surface area contributed by atoms with Crippen molar-refractivity contribution in [3.05, 3.63) is 54.1 Å². The molecular weight excluding hydrogens is 414 g/mol. The van der Waals surface area contributed by atoms with E-state index in [-0.39, 0.29) is 16.7 Å². The van der Waals surface area contributed by atoms with Crippen LogP contribution in [-0.4, -0.2) is 44.2 Å². The molecule has 2 aliphatic rings. The largest absolute Gasteiger partial charge is 0.322 e. The first kappa shape index (κ1) is 21.5. The highest BCUT2D eigenvalue weighted by Crippen LogP contribution is 2.24. The lowest BCUT2D eigenvalue weighted by molar-refractivity contribution is -0.117. The van der Waals surface area contributed by atoms with E-state index in [0.29, 0.717) is 43.0 Å². The number of amides is 2. The molecule has 7 nitrogen and oxygen atoms in total. The summed E-state index contributed by atoms with van der Waals surface area (Å²) in [4.78, 5) is 26.6. The minimum atomic E-state index is -3.52. The van der Waals surface area contributed by atoms with Crippen molar-refractivity contribution in [1.29, 1.82) is 0 Å². The molecule has 0 aromatic heterocycles. The lowest BCUT2D eigenvalue weighted by Crippen LogP contribution is -2.31. The van der Waals surface area contributed by atoms with Gasteiger partial charge in [0.2, 0.25) is 15.9 Å². The number of anilines is 2. The quantitative estimate of drug-likeness (QED) is 0.768. The van der Waals surface area contributed by atoms with Crippen LogP contribution in [0.1, 0.15) is 48.9 Å². The van der Waals surface area contributed by atoms with Crippen molar-refractivity contribution in [2.24, 2.45) is 0 Å². The van der Waals surface area contributed by atoms with E-state index in [1.165, 1.54) is 12.1 Å². The van der Waals surface area contributed by atoms with E-state index in [2.05, 4.69) is 5.32 Å². The molecular formula is C23H27N3O4S. The Morgan fingerprint density at radius 1 is 0.871 bits per heavy atom. The van der Waals surface area contributed by atoms with Gasteiger partial charge < -0.3 is 10.2 Å². The van der Waals surface area contributed by atoms with Gasteiger partial charge in [-0.1, -0.05) is 18.9 Å². The lowest BCUT2D eigenvalue weighted by atomic mass is 10.1. The van der Waals surface area contributed by atoms with Gasteiger partial charge in [-0.2, -0.15) is 4.31 Å². The average molecular weight is 442 g/mol. The second kappa shape index (κ2) is 9.20. The van der Waals surface area contributed by atoms with Crippen molar-refractivity contribution in [1.82, 2.24) is 4.31 Å². The normalized spacial score (nSPS) is 18.1. The molecule has 2 aromatic rings. The fourth-order valence-corrected chi connectivity index (χ4v) is 5.60. The summed E-state index contributed by atoms with van der Waals surface area (Å²) in [5, 5.41) is 2.80. The fraction of sp³-hybridized carbons (Fsp3) is 0.391. The van der Waals surface area contributed by atoms with Crippen LogP contribution in [0.4, 0.5) is 11.4 Å². The van der Waals surface area contributed by atoms with Crippen LogP contribution < -0.4 is 10.2 Å². The van der Waals surface area contributed by atoms with Gasteiger partial charge in [-0.3, -0.25) is 9.59 Å². The van der Waals surface area contributed by atoms with Crippen molar-refractivity contribution < 1.29 is 18.0 Å². The van der Waals surface area contributed by atoms with E-state index in [4.69, 9.17) is 0 Å². The number of sulfonamides is 1. The fourth-order valence-electron chi connectivity index (χ4n) is 4.08. The molecule has 164 valence electrons. The summed E-state index contributed by atoms with van der Waals surface area (Å²) < 4.78 is 27.3. The molecule has 2 amide bonds. The molecule has 31 heavy (non-hydrogen) atoms. The predicted molar refractivity (Wildman–Crippen MR) is 120 cm³/mol. The van der Waals surface area contributed by atoms with E-state index < -0.39 is 10.0 Å². The number of rotatable bonds is 5. The van der Waals surface area contributed by atoms with Crippen LogP contribution in [0.15, 0.2) is 53.4 Å². The Kier molecular flexibility index (Phi) is 6.38. The summed E-state index contributed by atoms with van der Waals surface area (Å²) in [6, 6.07) is 13.3. The van der Waals surface area contributed by atoms with E-state index in [9.17, 15) is 18.0 Å². The maximum Gasteiger partial charge on any atom is 0.255 e. The van der Waals surface area contributed by atoms with Crippen molar-refractivity contribution in [2.45, 2.75) is 43.4 Å². The summed E-state index contributed by atoms with van der Waals surface area (Å²) in [5.41, 5.74) is 1.68. The standard InChI is InChI=1S/C23H27N3O4S/c27-22-9-6-16-26(22)20-8-5-7-18(17-20)23(28)24-19-10-12-21(13-11-19)31(29,30)25-14-3-1-2-4-15-25/h5,7-8,10-13,17H,1-4,6,9,14-16H2,(H,24,28). The van der Waals surface area contributed by atoms with Gasteiger partial charge in [0.15, 0.2) is 0 Å². The van der Waals surface area contributed by atoms with Crippen LogP contribution in [0, 0.1) is 0 Å². The molecule has 0 spiro atoms. The second-order valence-corrected chi connectivity index (χ2v) is 9.93. The molecule has 0 saturated carbocycles. The summed E-state index contributed by atoms with van der Waals surface area (Å²) in [5.74, 6) is -0.240. The Morgan fingerprint density at radius 2 is 1.58 bits per heavy atom. The zero-order chi connectivity index (χ0) is 21.8. The molecule has 1 N–H and O–H groups in total. The van der Waals surface area contributed by atoms with Crippen LogP contribution in [0.2, 0.25) is 0 Å². The third kappa shape index (κ3) is 4.80. The number of carbonyl (C=O) groups excluding carboxylic acids is 2. The molecule has 0 radical (unpaired) electrons. The molecule has 4 rings (SSSR count). The molecule has 0 aliphatic carbocycles. The first-order valence-corrected chi connectivity index (χ1v) is 12.2. The minimum Gasteiger partial charge on any atom is -0.322 e. The summed E-state index contributed by atoms with van der Waals surface area (Å²) in [6.07, 6.45) is 5.24. The smallest absolute Gasteiger partial charge is 0.255 e. The van der Waals surface area contributed by atoms with Crippen molar-refractivity contribution in [3.63, 3.8) is 0 Å². The molecule has 0 unspecified atom stereocenters. The Balaban J connectivity index is 1.45. The Hall–Kier alpha value is -2.71. The molecule has 2 heterocycles. The second-order valence-electron chi connectivity index (χ2n) is 8.00. The SMILES string of the molecule is O=C(Nc1ccc(S(=O)(=O)N2CCCCCC2)cc1)c1cccc(N2CCCC2=O)c1. The van der Waals surface area contributed by atoms with Crippen LogP contribution in [0.5, 0.6) is 0 Å². The van der Waals surface area contributed by atoms with E-state index in [0.717, 1.165) is 32.1 Å². The predicted octanol–water partition coefficient (Wildman–Crippen LogP) is 3.63. The molecule has 2 aliphatic heterocycles. The number of hydrogen-bond acceptors (Lipinski definition) is 4. The van der Waals surface area contributed by atoms with E-state index in [1.54, 1.807) is 39.5 Å². The van der Waals surface area contributed by atoms with Crippen LogP contribution >= 0.6 is 0 Å². The highest BCUT2D eigenvalue weighted by Gasteiger charge is 2.25. The number of nitrogens with zero attached hydrogens (tertiary/aromatic N) is 2. The van der Waals surface area contributed by atoms with Crippen LogP contribution in [0.25, 0.3) is 0 Å². The molecule has 0 bridgehead atoms. The molecule has 2 aromatic carbocycles. The first-order valence-electron chi connectivity index (χ1n) is 10.8. The third-order valence-electron chi connectivity index (χ3n) is 5.81. The van der Waals surface area contributed by atoms with Crippen molar-refractivity contribution >= 4 is 33.2 Å². The minimum absolute atomic E-state index is 0.0683. The number of benzene rings is 2. The molecule has 2 fully saturated rings. The average Bonchev–Trinajstić information content (AvgIpc) is 3.02. The van der Waals surface area contributed by atoms with Crippen molar-refractivity contribution in [3.8, 4) is 0 Å². The van der Waals surface area contributed by atoms with Gasteiger partial charge in [0.1, 0.15) is 0 Å². The summed E-state index contributed by atoms with van der Waals surface area (Å²) >= 11 is 0. The van der Waals surface area contributed by atoms with Gasteiger partial charge in [0, 0.05) is 43.0 Å². The monoisotopic (exact) mass is 441 g/mol. The van der Waals surface area contributed by atoms with Crippen molar-refractivity contribution in [2.75, 3.05) is 29.9 Å². The maximum absolute atomic E-state index is 12.9. The number of hydrogen-bond donors (Lipinski definition) is 1. The van der Waals surface area contributed by atoms with Gasteiger partial charge >= 0.3 is 0 Å². The van der Waals surface area contributed by atoms with Gasteiger partial charge in [-0.05, 0) is 61.7 Å². The highest BCUT2D eigenvalue weighted by atomic mass is 32.2. The first-order chi connectivity index (χ1) is 14.9. The maximum atomic E-state index is 12.9. The van der Waals surface area contributed by atoms with Gasteiger partial charge in [-0.25, -0.2) is 8.42 Å². The Morgan fingerprint density at radius 3 is 2.23 bits per heavy atom. The summed E-state index contributed by atoms with van der Waals surface area (Å²) in [6.45, 7) is 1.77. The highest BCUT2D eigenvalue weighted by molar-refractivity contribution is 7.89. The topological polar surface area (TPSA) is 86.8 Å². The number of carbonyl (C=O) groups is 2. The van der Waals surface area contributed by atoms with E-state index >= 15 is 0 Å². The Labute approximate surface area is 183 Å². The van der Waals surface area contributed by atoms with Gasteiger partial charge in [0.05, 0.1) is 4.90 Å². The zero-order valence-electron chi connectivity index (χ0n) is 17.4. The number of nitrogens with one attached hydrogen (secondary N) is 1. The Bertz CT molecular complexity index is 1060. The molecule has 8 heteroatoms. The van der Waals surface area contributed by atoms with Gasteiger partial charge in [0.25, 0.3) is 5.91 Å². The zero-order valence-corrected chi connectivity index (χ0v) is 18.2. The molecule has 0 atom stereocenters.